The van der Waals surface area contributed by atoms with E-state index in [2.05, 4.69) is 29.5 Å². The number of hydrogen-bond donors (Lipinski definition) is 2. The SMILES string of the molecule is CC(C)(CNC(=O)CC1CCNC1)c1ccccn1. The maximum Gasteiger partial charge on any atom is 0.220 e. The van der Waals surface area contributed by atoms with Crippen LogP contribution in [0.25, 0.3) is 0 Å². The predicted octanol–water partition coefficient (Wildman–Crippen LogP) is 1.47. The molecule has 0 aliphatic carbocycles. The van der Waals surface area contributed by atoms with Gasteiger partial charge in [0.25, 0.3) is 0 Å². The van der Waals surface area contributed by atoms with Gasteiger partial charge >= 0.3 is 0 Å². The largest absolute Gasteiger partial charge is 0.355 e. The molecule has 2 N–H and O–H groups in total. The molecule has 0 aromatic carbocycles. The molecule has 1 aromatic rings. The Morgan fingerprint density at radius 1 is 1.53 bits per heavy atom. The van der Waals surface area contributed by atoms with Crippen molar-refractivity contribution in [1.82, 2.24) is 15.6 Å². The van der Waals surface area contributed by atoms with Crippen LogP contribution in [0, 0.1) is 5.92 Å². The van der Waals surface area contributed by atoms with E-state index in [1.807, 2.05) is 18.2 Å². The van der Waals surface area contributed by atoms with Gasteiger partial charge in [-0.3, -0.25) is 9.78 Å². The molecule has 0 bridgehead atoms. The van der Waals surface area contributed by atoms with Crippen LogP contribution in [0.1, 0.15) is 32.4 Å². The maximum absolute atomic E-state index is 11.9. The van der Waals surface area contributed by atoms with E-state index >= 15 is 0 Å². The molecule has 1 aromatic heterocycles. The van der Waals surface area contributed by atoms with Crippen molar-refractivity contribution >= 4 is 5.91 Å². The smallest absolute Gasteiger partial charge is 0.220 e. The molecule has 1 aliphatic rings. The maximum atomic E-state index is 11.9. The number of amides is 1. The molecule has 2 rings (SSSR count). The summed E-state index contributed by atoms with van der Waals surface area (Å²) in [6, 6.07) is 5.90. The van der Waals surface area contributed by atoms with Crippen molar-refractivity contribution in [3.05, 3.63) is 30.1 Å². The third-order valence-corrected chi connectivity index (χ3v) is 3.72. The third kappa shape index (κ3) is 4.03. The van der Waals surface area contributed by atoms with Crippen LogP contribution < -0.4 is 10.6 Å². The molecule has 4 heteroatoms. The summed E-state index contributed by atoms with van der Waals surface area (Å²) in [5.74, 6) is 0.649. The third-order valence-electron chi connectivity index (χ3n) is 3.72. The minimum Gasteiger partial charge on any atom is -0.355 e. The van der Waals surface area contributed by atoms with Crippen molar-refractivity contribution in [1.29, 1.82) is 0 Å². The van der Waals surface area contributed by atoms with Crippen molar-refractivity contribution in [3.8, 4) is 0 Å². The molecule has 0 saturated carbocycles. The van der Waals surface area contributed by atoms with Gasteiger partial charge in [0.05, 0.1) is 0 Å². The fraction of sp³-hybridized carbons (Fsp3) is 0.600. The lowest BCUT2D eigenvalue weighted by molar-refractivity contribution is -0.122. The highest BCUT2D eigenvalue weighted by molar-refractivity contribution is 5.76. The van der Waals surface area contributed by atoms with E-state index in [9.17, 15) is 4.79 Å². The zero-order valence-corrected chi connectivity index (χ0v) is 11.8. The van der Waals surface area contributed by atoms with Crippen molar-refractivity contribution in [3.63, 3.8) is 0 Å². The molecule has 1 fully saturated rings. The van der Waals surface area contributed by atoms with E-state index in [-0.39, 0.29) is 11.3 Å². The number of carbonyl (C=O) groups excluding carboxylic acids is 1. The first-order valence-electron chi connectivity index (χ1n) is 6.97. The Bertz CT molecular complexity index is 411. The number of nitrogens with zero attached hydrogens (tertiary/aromatic N) is 1. The Labute approximate surface area is 115 Å². The van der Waals surface area contributed by atoms with Crippen LogP contribution in [0.3, 0.4) is 0 Å². The zero-order chi connectivity index (χ0) is 13.7. The topological polar surface area (TPSA) is 54.0 Å². The Kier molecular flexibility index (Phi) is 4.53. The van der Waals surface area contributed by atoms with Crippen LogP contribution >= 0.6 is 0 Å². The quantitative estimate of drug-likeness (QED) is 0.844. The fourth-order valence-electron chi connectivity index (χ4n) is 2.40. The van der Waals surface area contributed by atoms with Gasteiger partial charge in [0.15, 0.2) is 0 Å². The molecule has 2 heterocycles. The van der Waals surface area contributed by atoms with Gasteiger partial charge in [0.1, 0.15) is 0 Å². The molecule has 0 spiro atoms. The molecule has 19 heavy (non-hydrogen) atoms. The average molecular weight is 261 g/mol. The molecular weight excluding hydrogens is 238 g/mol. The van der Waals surface area contributed by atoms with E-state index < -0.39 is 0 Å². The van der Waals surface area contributed by atoms with E-state index in [1.165, 1.54) is 0 Å². The number of hydrogen-bond acceptors (Lipinski definition) is 3. The minimum atomic E-state index is -0.134. The monoisotopic (exact) mass is 261 g/mol. The van der Waals surface area contributed by atoms with E-state index in [0.717, 1.165) is 25.2 Å². The number of pyridine rings is 1. The predicted molar refractivity (Wildman–Crippen MR) is 75.9 cm³/mol. The van der Waals surface area contributed by atoms with E-state index in [4.69, 9.17) is 0 Å². The molecular formula is C15H23N3O. The molecule has 1 unspecified atom stereocenters. The fourth-order valence-corrected chi connectivity index (χ4v) is 2.40. The summed E-state index contributed by atoms with van der Waals surface area (Å²) >= 11 is 0. The summed E-state index contributed by atoms with van der Waals surface area (Å²) in [5, 5.41) is 6.33. The van der Waals surface area contributed by atoms with Crippen molar-refractivity contribution < 1.29 is 4.79 Å². The first-order chi connectivity index (χ1) is 9.08. The molecule has 1 saturated heterocycles. The Morgan fingerprint density at radius 2 is 2.37 bits per heavy atom. The van der Waals surface area contributed by atoms with Crippen LogP contribution in [0.15, 0.2) is 24.4 Å². The van der Waals surface area contributed by atoms with Crippen LogP contribution in [0.4, 0.5) is 0 Å². The van der Waals surface area contributed by atoms with E-state index in [0.29, 0.717) is 18.9 Å². The van der Waals surface area contributed by atoms with Crippen LogP contribution in [0.5, 0.6) is 0 Å². The van der Waals surface area contributed by atoms with Gasteiger partial charge in [-0.05, 0) is 37.6 Å². The molecule has 1 aliphatic heterocycles. The zero-order valence-electron chi connectivity index (χ0n) is 11.8. The second-order valence-electron chi connectivity index (χ2n) is 5.94. The van der Waals surface area contributed by atoms with Crippen molar-refractivity contribution in [2.45, 2.75) is 32.1 Å². The lowest BCUT2D eigenvalue weighted by Crippen LogP contribution is -2.38. The minimum absolute atomic E-state index is 0.134. The molecule has 1 amide bonds. The highest BCUT2D eigenvalue weighted by Crippen LogP contribution is 2.19. The van der Waals surface area contributed by atoms with Gasteiger partial charge in [-0.25, -0.2) is 0 Å². The van der Waals surface area contributed by atoms with Crippen LogP contribution in [0.2, 0.25) is 0 Å². The summed E-state index contributed by atoms with van der Waals surface area (Å²) in [6.45, 7) is 6.84. The Morgan fingerprint density at radius 3 is 3.00 bits per heavy atom. The van der Waals surface area contributed by atoms with Crippen LogP contribution in [-0.2, 0) is 10.2 Å². The van der Waals surface area contributed by atoms with Crippen molar-refractivity contribution in [2.75, 3.05) is 19.6 Å². The summed E-state index contributed by atoms with van der Waals surface area (Å²) in [7, 11) is 0. The lowest BCUT2D eigenvalue weighted by Gasteiger charge is -2.24. The molecule has 4 nitrogen and oxygen atoms in total. The molecule has 0 radical (unpaired) electrons. The summed E-state index contributed by atoms with van der Waals surface area (Å²) in [5.41, 5.74) is 0.878. The first-order valence-corrected chi connectivity index (χ1v) is 6.97. The lowest BCUT2D eigenvalue weighted by atomic mass is 9.88. The van der Waals surface area contributed by atoms with Gasteiger partial charge in [-0.2, -0.15) is 0 Å². The van der Waals surface area contributed by atoms with Crippen molar-refractivity contribution in [2.24, 2.45) is 5.92 Å². The van der Waals surface area contributed by atoms with Gasteiger partial charge in [0.2, 0.25) is 5.91 Å². The summed E-state index contributed by atoms with van der Waals surface area (Å²) < 4.78 is 0. The van der Waals surface area contributed by atoms with Gasteiger partial charge < -0.3 is 10.6 Å². The standard InChI is InChI=1S/C15H23N3O/c1-15(2,13-5-3-4-7-17-13)11-18-14(19)9-12-6-8-16-10-12/h3-5,7,12,16H,6,8-11H2,1-2H3,(H,18,19). The highest BCUT2D eigenvalue weighted by atomic mass is 16.1. The number of carbonyl (C=O) groups is 1. The van der Waals surface area contributed by atoms with Gasteiger partial charge in [0, 0.05) is 30.3 Å². The number of aromatic nitrogens is 1. The normalized spacial score (nSPS) is 19.4. The summed E-state index contributed by atoms with van der Waals surface area (Å²) in [4.78, 5) is 16.3. The first kappa shape index (κ1) is 14.0. The Balaban J connectivity index is 1.82. The van der Waals surface area contributed by atoms with E-state index in [1.54, 1.807) is 6.20 Å². The molecule has 1 atom stereocenters. The second kappa shape index (κ2) is 6.15. The van der Waals surface area contributed by atoms with Crippen LogP contribution in [-0.4, -0.2) is 30.5 Å². The second-order valence-corrected chi connectivity index (χ2v) is 5.94. The number of nitrogens with one attached hydrogen (secondary N) is 2. The molecule has 104 valence electrons. The highest BCUT2D eigenvalue weighted by Gasteiger charge is 2.24. The average Bonchev–Trinajstić information content (AvgIpc) is 2.90. The summed E-state index contributed by atoms with van der Waals surface area (Å²) in [6.07, 6.45) is 3.53. The van der Waals surface area contributed by atoms with Gasteiger partial charge in [-0.15, -0.1) is 0 Å². The Hall–Kier alpha value is -1.42. The number of rotatable bonds is 5. The van der Waals surface area contributed by atoms with Gasteiger partial charge in [-0.1, -0.05) is 19.9 Å².